The van der Waals surface area contributed by atoms with E-state index in [4.69, 9.17) is 5.11 Å². The Kier molecular flexibility index (Phi) is 8.22. The summed E-state index contributed by atoms with van der Waals surface area (Å²) < 4.78 is 0. The molecule has 0 aliphatic rings. The fourth-order valence-corrected chi connectivity index (χ4v) is 2.13. The lowest BCUT2D eigenvalue weighted by Gasteiger charge is -2.16. The lowest BCUT2D eigenvalue weighted by Crippen LogP contribution is -2.42. The molecule has 6 nitrogen and oxygen atoms in total. The number of carboxylic acids is 1. The molecule has 0 saturated carbocycles. The molecule has 0 rings (SSSR count). The fourth-order valence-electron chi connectivity index (χ4n) is 1.18. The van der Waals surface area contributed by atoms with Gasteiger partial charge in [0.05, 0.1) is 5.25 Å². The maximum absolute atomic E-state index is 11.7. The second-order valence-electron chi connectivity index (χ2n) is 4.71. The van der Waals surface area contributed by atoms with Crippen molar-refractivity contribution in [3.63, 3.8) is 0 Å². The number of thioether (sulfide) groups is 1. The highest BCUT2D eigenvalue weighted by Gasteiger charge is 2.21. The number of amides is 2. The first-order valence-corrected chi connectivity index (χ1v) is 7.18. The third-order valence-electron chi connectivity index (χ3n) is 2.24. The Morgan fingerprint density at radius 2 is 1.79 bits per heavy atom. The van der Waals surface area contributed by atoms with Gasteiger partial charge in [0, 0.05) is 19.2 Å². The molecule has 3 N–H and O–H groups in total. The van der Waals surface area contributed by atoms with Crippen LogP contribution in [0, 0.1) is 5.92 Å². The zero-order chi connectivity index (χ0) is 15.0. The zero-order valence-electron chi connectivity index (χ0n) is 11.7. The molecule has 0 bridgehead atoms. The largest absolute Gasteiger partial charge is 0.480 e. The van der Waals surface area contributed by atoms with Gasteiger partial charge in [-0.15, -0.1) is 11.8 Å². The summed E-state index contributed by atoms with van der Waals surface area (Å²) in [4.78, 5) is 33.4. The number of hydrogen-bond donors (Lipinski definition) is 3. The van der Waals surface area contributed by atoms with Crippen LogP contribution in [0.2, 0.25) is 0 Å². The summed E-state index contributed by atoms with van der Waals surface area (Å²) in [5.41, 5.74) is 0. The second kappa shape index (κ2) is 8.79. The number of nitrogens with one attached hydrogen (secondary N) is 2. The van der Waals surface area contributed by atoms with E-state index in [1.165, 1.54) is 18.7 Å². The Hall–Kier alpha value is -1.24. The van der Waals surface area contributed by atoms with Gasteiger partial charge >= 0.3 is 5.97 Å². The summed E-state index contributed by atoms with van der Waals surface area (Å²) >= 11 is 1.21. The molecule has 0 aromatic rings. The van der Waals surface area contributed by atoms with Gasteiger partial charge in [0.25, 0.3) is 0 Å². The zero-order valence-corrected chi connectivity index (χ0v) is 12.5. The molecule has 0 saturated heterocycles. The number of hydrogen-bond acceptors (Lipinski definition) is 4. The van der Waals surface area contributed by atoms with Gasteiger partial charge in [0.1, 0.15) is 6.04 Å². The average Bonchev–Trinajstić information content (AvgIpc) is 2.29. The number of carbonyl (C=O) groups is 3. The molecule has 0 heterocycles. The van der Waals surface area contributed by atoms with Crippen molar-refractivity contribution < 1.29 is 19.5 Å². The van der Waals surface area contributed by atoms with E-state index >= 15 is 0 Å². The topological polar surface area (TPSA) is 95.5 Å². The first kappa shape index (κ1) is 17.8. The highest BCUT2D eigenvalue weighted by atomic mass is 32.2. The summed E-state index contributed by atoms with van der Waals surface area (Å²) in [5, 5.41) is 13.7. The van der Waals surface area contributed by atoms with Gasteiger partial charge in [0.15, 0.2) is 0 Å². The highest BCUT2D eigenvalue weighted by Crippen LogP contribution is 2.12. The fraction of sp³-hybridized carbons (Fsp3) is 0.750. The molecule has 0 aromatic heterocycles. The van der Waals surface area contributed by atoms with E-state index in [2.05, 4.69) is 10.6 Å². The van der Waals surface area contributed by atoms with Crippen LogP contribution in [0.5, 0.6) is 0 Å². The standard InChI is InChI=1S/C12H22N2O4S/c1-7(2)5-13-11(16)8(3)19-6-10(12(17)18)14-9(4)15/h7-8,10H,5-6H2,1-4H3,(H,13,16)(H,14,15)(H,17,18). The Morgan fingerprint density at radius 1 is 1.21 bits per heavy atom. The first-order valence-electron chi connectivity index (χ1n) is 6.13. The van der Waals surface area contributed by atoms with Gasteiger partial charge in [-0.25, -0.2) is 4.79 Å². The van der Waals surface area contributed by atoms with Gasteiger partial charge < -0.3 is 15.7 Å². The number of carbonyl (C=O) groups excluding carboxylic acids is 2. The highest BCUT2D eigenvalue weighted by molar-refractivity contribution is 8.00. The smallest absolute Gasteiger partial charge is 0.327 e. The molecule has 19 heavy (non-hydrogen) atoms. The molecule has 0 aliphatic heterocycles. The van der Waals surface area contributed by atoms with E-state index in [-0.39, 0.29) is 16.9 Å². The van der Waals surface area contributed by atoms with Gasteiger partial charge in [-0.2, -0.15) is 0 Å². The van der Waals surface area contributed by atoms with Crippen molar-refractivity contribution in [3.8, 4) is 0 Å². The van der Waals surface area contributed by atoms with Crippen LogP contribution in [0.4, 0.5) is 0 Å². The quantitative estimate of drug-likeness (QED) is 0.604. The molecular formula is C12H22N2O4S. The molecule has 0 radical (unpaired) electrons. The predicted octanol–water partition coefficient (Wildman–Crippen LogP) is 0.470. The van der Waals surface area contributed by atoms with Gasteiger partial charge in [0.2, 0.25) is 11.8 Å². The van der Waals surface area contributed by atoms with Crippen molar-refractivity contribution in [1.29, 1.82) is 0 Å². The lowest BCUT2D eigenvalue weighted by molar-refractivity contribution is -0.140. The molecular weight excluding hydrogens is 268 g/mol. The molecule has 2 atom stereocenters. The van der Waals surface area contributed by atoms with E-state index < -0.39 is 17.9 Å². The van der Waals surface area contributed by atoms with Gasteiger partial charge in [-0.05, 0) is 12.8 Å². The van der Waals surface area contributed by atoms with Crippen molar-refractivity contribution in [3.05, 3.63) is 0 Å². The van der Waals surface area contributed by atoms with Gasteiger partial charge in [-0.3, -0.25) is 9.59 Å². The van der Waals surface area contributed by atoms with Crippen molar-refractivity contribution in [2.75, 3.05) is 12.3 Å². The van der Waals surface area contributed by atoms with Gasteiger partial charge in [-0.1, -0.05) is 13.8 Å². The van der Waals surface area contributed by atoms with E-state index in [0.29, 0.717) is 12.5 Å². The minimum absolute atomic E-state index is 0.120. The molecule has 7 heteroatoms. The monoisotopic (exact) mass is 290 g/mol. The third-order valence-corrected chi connectivity index (χ3v) is 3.48. The average molecular weight is 290 g/mol. The van der Waals surface area contributed by atoms with Crippen LogP contribution >= 0.6 is 11.8 Å². The first-order chi connectivity index (χ1) is 8.73. The predicted molar refractivity (Wildman–Crippen MR) is 75.0 cm³/mol. The van der Waals surface area contributed by atoms with Crippen LogP contribution in [-0.2, 0) is 14.4 Å². The van der Waals surface area contributed by atoms with Crippen LogP contribution in [0.15, 0.2) is 0 Å². The van der Waals surface area contributed by atoms with Crippen molar-refractivity contribution in [2.45, 2.75) is 39.0 Å². The van der Waals surface area contributed by atoms with Crippen LogP contribution in [-0.4, -0.2) is 46.5 Å². The Morgan fingerprint density at radius 3 is 2.21 bits per heavy atom. The summed E-state index contributed by atoms with van der Waals surface area (Å²) in [6.45, 7) is 7.56. The van der Waals surface area contributed by atoms with E-state index in [0.717, 1.165) is 0 Å². The Balaban J connectivity index is 4.16. The second-order valence-corrected chi connectivity index (χ2v) is 6.08. The summed E-state index contributed by atoms with van der Waals surface area (Å²) in [7, 11) is 0. The number of rotatable bonds is 8. The molecule has 0 spiro atoms. The Labute approximate surface area is 117 Å². The van der Waals surface area contributed by atoms with Crippen molar-refractivity contribution in [1.82, 2.24) is 10.6 Å². The minimum atomic E-state index is -1.10. The SMILES string of the molecule is CC(=O)NC(CSC(C)C(=O)NCC(C)C)C(=O)O. The molecule has 2 amide bonds. The normalized spacial score (nSPS) is 13.7. The third kappa shape index (κ3) is 8.47. The summed E-state index contributed by atoms with van der Waals surface area (Å²) in [5.74, 6) is -1.09. The van der Waals surface area contributed by atoms with Crippen molar-refractivity contribution >= 4 is 29.5 Å². The molecule has 0 fully saturated rings. The van der Waals surface area contributed by atoms with E-state index in [9.17, 15) is 14.4 Å². The molecule has 0 aromatic carbocycles. The van der Waals surface area contributed by atoms with Crippen LogP contribution in [0.25, 0.3) is 0 Å². The number of carboxylic acid groups (broad SMARTS) is 1. The molecule has 2 unspecified atom stereocenters. The Bertz CT molecular complexity index is 334. The van der Waals surface area contributed by atoms with Crippen LogP contribution in [0.3, 0.4) is 0 Å². The lowest BCUT2D eigenvalue weighted by atomic mass is 10.2. The van der Waals surface area contributed by atoms with Crippen LogP contribution in [0.1, 0.15) is 27.7 Å². The summed E-state index contributed by atoms with van der Waals surface area (Å²) in [6.07, 6.45) is 0. The maximum atomic E-state index is 11.7. The number of aliphatic carboxylic acids is 1. The minimum Gasteiger partial charge on any atom is -0.480 e. The summed E-state index contributed by atoms with van der Waals surface area (Å²) in [6, 6.07) is -0.970. The van der Waals surface area contributed by atoms with E-state index in [1.807, 2.05) is 13.8 Å². The maximum Gasteiger partial charge on any atom is 0.327 e. The van der Waals surface area contributed by atoms with E-state index in [1.54, 1.807) is 6.92 Å². The van der Waals surface area contributed by atoms with Crippen molar-refractivity contribution in [2.24, 2.45) is 5.92 Å². The molecule has 0 aliphatic carbocycles. The molecule has 110 valence electrons. The van der Waals surface area contributed by atoms with Crippen LogP contribution < -0.4 is 10.6 Å².